The Hall–Kier alpha value is -1.98. The van der Waals surface area contributed by atoms with Gasteiger partial charge >= 0.3 is 0 Å². The van der Waals surface area contributed by atoms with E-state index >= 15 is 0 Å². The molecule has 1 heterocycles. The number of benzene rings is 1. The Kier molecular flexibility index (Phi) is 7.15. The highest BCUT2D eigenvalue weighted by Crippen LogP contribution is 2.14. The van der Waals surface area contributed by atoms with E-state index < -0.39 is 0 Å². The molecule has 2 aromatic rings. The predicted molar refractivity (Wildman–Crippen MR) is 101 cm³/mol. The first-order valence-electron chi connectivity index (χ1n) is 8.20. The van der Waals surface area contributed by atoms with Gasteiger partial charge in [-0.05, 0) is 26.1 Å². The first-order valence-corrected chi connectivity index (χ1v) is 9.08. The van der Waals surface area contributed by atoms with E-state index in [1.54, 1.807) is 11.3 Å². The number of amides is 1. The summed E-state index contributed by atoms with van der Waals surface area (Å²) < 4.78 is 0. The van der Waals surface area contributed by atoms with Crippen LogP contribution < -0.4 is 0 Å². The second-order valence-electron chi connectivity index (χ2n) is 5.93. The lowest BCUT2D eigenvalue weighted by Gasteiger charge is -2.19. The fraction of sp³-hybridized carbons (Fsp3) is 0.368. The average molecular weight is 343 g/mol. The van der Waals surface area contributed by atoms with Crippen molar-refractivity contribution >= 4 is 23.3 Å². The lowest BCUT2D eigenvalue weighted by atomic mass is 10.2. The van der Waals surface area contributed by atoms with Crippen LogP contribution in [0, 0.1) is 0 Å². The number of carbonyl (C=O) groups is 1. The van der Waals surface area contributed by atoms with Crippen LogP contribution >= 0.6 is 11.3 Å². The van der Waals surface area contributed by atoms with Gasteiger partial charge in [0.25, 0.3) is 5.91 Å². The van der Waals surface area contributed by atoms with Crippen molar-refractivity contribution in [2.24, 2.45) is 0 Å². The molecule has 0 unspecified atom stereocenters. The highest BCUT2D eigenvalue weighted by Gasteiger charge is 2.17. The van der Waals surface area contributed by atoms with Crippen molar-refractivity contribution in [3.05, 3.63) is 58.1 Å². The Bertz CT molecular complexity index is 664. The number of aromatic nitrogens is 1. The van der Waals surface area contributed by atoms with E-state index in [9.17, 15) is 4.79 Å². The van der Waals surface area contributed by atoms with Gasteiger partial charge in [-0.2, -0.15) is 0 Å². The molecule has 128 valence electrons. The fourth-order valence-corrected chi connectivity index (χ4v) is 3.23. The van der Waals surface area contributed by atoms with Crippen LogP contribution in [0.25, 0.3) is 6.08 Å². The van der Waals surface area contributed by atoms with Crippen molar-refractivity contribution in [2.75, 3.05) is 27.2 Å². The quantitative estimate of drug-likeness (QED) is 0.732. The number of carbonyl (C=O) groups excluding carboxylic acids is 1. The number of nitrogens with zero attached hydrogens (tertiary/aromatic N) is 3. The number of thiazole rings is 1. The van der Waals surface area contributed by atoms with Crippen LogP contribution in [-0.4, -0.2) is 47.9 Å². The molecule has 4 nitrogen and oxygen atoms in total. The molecule has 1 amide bonds. The van der Waals surface area contributed by atoms with Crippen LogP contribution in [0.3, 0.4) is 0 Å². The lowest BCUT2D eigenvalue weighted by molar-refractivity contribution is 0.0769. The summed E-state index contributed by atoms with van der Waals surface area (Å²) in [7, 11) is 4.00. The second-order valence-corrected chi connectivity index (χ2v) is 6.87. The van der Waals surface area contributed by atoms with Crippen molar-refractivity contribution < 1.29 is 4.79 Å². The van der Waals surface area contributed by atoms with Crippen LogP contribution in [-0.2, 0) is 6.54 Å². The van der Waals surface area contributed by atoms with Crippen molar-refractivity contribution in [3.8, 4) is 0 Å². The van der Waals surface area contributed by atoms with Crippen LogP contribution in [0.4, 0.5) is 0 Å². The van der Waals surface area contributed by atoms with E-state index in [0.29, 0.717) is 12.2 Å². The van der Waals surface area contributed by atoms with Gasteiger partial charge in [0.05, 0.1) is 0 Å². The maximum atomic E-state index is 12.7. The average Bonchev–Trinajstić information content (AvgIpc) is 3.02. The van der Waals surface area contributed by atoms with Gasteiger partial charge in [0, 0.05) is 25.0 Å². The van der Waals surface area contributed by atoms with E-state index in [0.717, 1.165) is 30.1 Å². The largest absolute Gasteiger partial charge is 0.334 e. The summed E-state index contributed by atoms with van der Waals surface area (Å²) in [5, 5.41) is 2.84. The molecule has 2 rings (SSSR count). The van der Waals surface area contributed by atoms with Crippen molar-refractivity contribution in [1.82, 2.24) is 14.8 Å². The van der Waals surface area contributed by atoms with Crippen molar-refractivity contribution in [2.45, 2.75) is 19.9 Å². The van der Waals surface area contributed by atoms with Gasteiger partial charge in [-0.1, -0.05) is 49.4 Å². The highest BCUT2D eigenvalue weighted by molar-refractivity contribution is 7.09. The molecule has 24 heavy (non-hydrogen) atoms. The van der Waals surface area contributed by atoms with E-state index in [-0.39, 0.29) is 5.91 Å². The predicted octanol–water partition coefficient (Wildman–Crippen LogP) is 3.77. The molecule has 0 fully saturated rings. The van der Waals surface area contributed by atoms with Crippen LogP contribution in [0.1, 0.15) is 34.4 Å². The summed E-state index contributed by atoms with van der Waals surface area (Å²) in [5.74, 6) is 0.0100. The summed E-state index contributed by atoms with van der Waals surface area (Å²) >= 11 is 1.54. The van der Waals surface area contributed by atoms with Crippen molar-refractivity contribution in [1.29, 1.82) is 0 Å². The van der Waals surface area contributed by atoms with Gasteiger partial charge in [-0.25, -0.2) is 4.98 Å². The SMILES string of the molecule is CCCN(CC=Cc1ccccc1)C(=O)c1csc(CN(C)C)n1. The molecule has 0 bridgehead atoms. The third kappa shape index (κ3) is 5.58. The fourth-order valence-electron chi connectivity index (χ4n) is 2.34. The minimum Gasteiger partial charge on any atom is -0.334 e. The smallest absolute Gasteiger partial charge is 0.273 e. The number of rotatable bonds is 8. The Morgan fingerprint density at radius 1 is 1.25 bits per heavy atom. The van der Waals surface area contributed by atoms with Gasteiger partial charge in [0.15, 0.2) is 0 Å². The van der Waals surface area contributed by atoms with Crippen LogP contribution in [0.15, 0.2) is 41.8 Å². The first kappa shape index (κ1) is 18.4. The summed E-state index contributed by atoms with van der Waals surface area (Å²) in [6.07, 6.45) is 5.02. The molecule has 0 aliphatic carbocycles. The third-order valence-electron chi connectivity index (χ3n) is 3.44. The Morgan fingerprint density at radius 2 is 2.00 bits per heavy atom. The van der Waals surface area contributed by atoms with E-state index in [4.69, 9.17) is 0 Å². The normalized spacial score (nSPS) is 11.3. The van der Waals surface area contributed by atoms with E-state index in [2.05, 4.69) is 35.0 Å². The molecular formula is C19H25N3OS. The van der Waals surface area contributed by atoms with Gasteiger partial charge in [0.1, 0.15) is 10.7 Å². The summed E-state index contributed by atoms with van der Waals surface area (Å²) in [4.78, 5) is 21.1. The Morgan fingerprint density at radius 3 is 2.67 bits per heavy atom. The maximum absolute atomic E-state index is 12.7. The molecule has 0 aliphatic rings. The minimum absolute atomic E-state index is 0.0100. The van der Waals surface area contributed by atoms with Crippen LogP contribution in [0.5, 0.6) is 0 Å². The zero-order valence-corrected chi connectivity index (χ0v) is 15.4. The molecular weight excluding hydrogens is 318 g/mol. The highest BCUT2D eigenvalue weighted by atomic mass is 32.1. The zero-order chi connectivity index (χ0) is 17.4. The monoisotopic (exact) mass is 343 g/mol. The summed E-state index contributed by atoms with van der Waals surface area (Å²) in [5.41, 5.74) is 1.70. The molecule has 0 N–H and O–H groups in total. The molecule has 0 spiro atoms. The molecule has 0 atom stereocenters. The van der Waals surface area contributed by atoms with Gasteiger partial charge in [0.2, 0.25) is 0 Å². The number of hydrogen-bond acceptors (Lipinski definition) is 4. The second kappa shape index (κ2) is 9.35. The number of hydrogen-bond donors (Lipinski definition) is 0. The molecule has 0 saturated carbocycles. The van der Waals surface area contributed by atoms with Crippen LogP contribution in [0.2, 0.25) is 0 Å². The van der Waals surface area contributed by atoms with Crippen molar-refractivity contribution in [3.63, 3.8) is 0 Å². The van der Waals surface area contributed by atoms with Gasteiger partial charge in [-0.3, -0.25) is 4.79 Å². The standard InChI is InChI=1S/C19H25N3OS/c1-4-12-22(13-8-11-16-9-6-5-7-10-16)19(23)17-15-24-18(20-17)14-21(2)3/h5-11,15H,4,12-14H2,1-3H3. The van der Waals surface area contributed by atoms with Gasteiger partial charge in [-0.15, -0.1) is 11.3 Å². The molecule has 1 aromatic heterocycles. The lowest BCUT2D eigenvalue weighted by Crippen LogP contribution is -2.32. The zero-order valence-electron chi connectivity index (χ0n) is 14.6. The minimum atomic E-state index is 0.0100. The van der Waals surface area contributed by atoms with E-state index in [1.165, 1.54) is 0 Å². The molecule has 0 radical (unpaired) electrons. The molecule has 0 saturated heterocycles. The molecule has 0 aliphatic heterocycles. The first-order chi connectivity index (χ1) is 11.6. The third-order valence-corrected chi connectivity index (χ3v) is 4.27. The van der Waals surface area contributed by atoms with Gasteiger partial charge < -0.3 is 9.80 Å². The molecule has 1 aromatic carbocycles. The molecule has 5 heteroatoms. The van der Waals surface area contributed by atoms with E-state index in [1.807, 2.05) is 48.7 Å². The summed E-state index contributed by atoms with van der Waals surface area (Å²) in [6, 6.07) is 10.1. The topological polar surface area (TPSA) is 36.4 Å². The maximum Gasteiger partial charge on any atom is 0.273 e. The summed E-state index contributed by atoms with van der Waals surface area (Å²) in [6.45, 7) is 4.18. The Labute approximate surface area is 148 Å². The Balaban J connectivity index is 2.02.